The van der Waals surface area contributed by atoms with E-state index in [-0.39, 0.29) is 34.9 Å². The molecule has 0 heterocycles. The van der Waals surface area contributed by atoms with Crippen molar-refractivity contribution >= 4 is 0 Å². The van der Waals surface area contributed by atoms with E-state index < -0.39 is 5.60 Å². The van der Waals surface area contributed by atoms with Gasteiger partial charge in [0.15, 0.2) is 0 Å². The largest absolute Gasteiger partial charge is 0.393 e. The van der Waals surface area contributed by atoms with Crippen molar-refractivity contribution in [2.24, 2.45) is 45.3 Å². The van der Waals surface area contributed by atoms with Crippen molar-refractivity contribution in [3.8, 4) is 0 Å². The molecule has 33 heavy (non-hydrogen) atoms. The molecule has 9 atom stereocenters. The van der Waals surface area contributed by atoms with E-state index in [1.54, 1.807) is 0 Å². The van der Waals surface area contributed by atoms with E-state index in [2.05, 4.69) is 54.5 Å². The molecular weight excluding hydrogens is 408 g/mol. The van der Waals surface area contributed by atoms with E-state index in [1.807, 2.05) is 0 Å². The lowest BCUT2D eigenvalue weighted by atomic mass is 9.35. The maximum Gasteiger partial charge on any atom is 0.0911 e. The number of aliphatic hydroxyl groups excluding tert-OH is 2. The van der Waals surface area contributed by atoms with Crippen LogP contribution in [0, 0.1) is 45.3 Å². The highest BCUT2D eigenvalue weighted by Gasteiger charge is 2.69. The normalized spacial score (nSPS) is 48.2. The Morgan fingerprint density at radius 1 is 0.879 bits per heavy atom. The highest BCUT2D eigenvalue weighted by molar-refractivity contribution is 5.18. The van der Waals surface area contributed by atoms with Crippen molar-refractivity contribution in [2.75, 3.05) is 6.61 Å². The zero-order chi connectivity index (χ0) is 24.4. The summed E-state index contributed by atoms with van der Waals surface area (Å²) in [5.41, 5.74) is 1.09. The van der Waals surface area contributed by atoms with Gasteiger partial charge < -0.3 is 15.3 Å². The lowest BCUT2D eigenvalue weighted by Gasteiger charge is -2.70. The summed E-state index contributed by atoms with van der Waals surface area (Å²) >= 11 is 0. The molecule has 3 N–H and O–H groups in total. The molecule has 0 radical (unpaired) electrons. The van der Waals surface area contributed by atoms with Gasteiger partial charge in [0.05, 0.1) is 18.3 Å². The molecule has 0 spiro atoms. The van der Waals surface area contributed by atoms with Crippen LogP contribution >= 0.6 is 0 Å². The summed E-state index contributed by atoms with van der Waals surface area (Å²) < 4.78 is 0. The van der Waals surface area contributed by atoms with Gasteiger partial charge in [-0.15, -0.1) is 0 Å². The van der Waals surface area contributed by atoms with E-state index in [9.17, 15) is 15.3 Å². The Bertz CT molecular complexity index is 769. The Morgan fingerprint density at radius 3 is 2.18 bits per heavy atom. The van der Waals surface area contributed by atoms with Gasteiger partial charge >= 0.3 is 0 Å². The average molecular weight is 461 g/mol. The van der Waals surface area contributed by atoms with Crippen LogP contribution in [0.4, 0.5) is 0 Å². The first-order chi connectivity index (χ1) is 15.3. The molecule has 9 unspecified atom stereocenters. The predicted octanol–water partition coefficient (Wildman–Crippen LogP) is 6.50. The molecule has 0 amide bonds. The van der Waals surface area contributed by atoms with Gasteiger partial charge in [-0.2, -0.15) is 0 Å². The van der Waals surface area contributed by atoms with Crippen LogP contribution in [0.1, 0.15) is 113 Å². The SMILES string of the molecule is CC(C)=CCCC(O)(CO)C1CCC2(C)C1CCC1C3(C)CCC(O)C(C)(C)C3CCC12C. The van der Waals surface area contributed by atoms with E-state index in [0.29, 0.717) is 29.6 Å². The molecule has 4 rings (SSSR count). The molecular formula is C30H52O3. The molecule has 0 aromatic heterocycles. The number of allylic oxidation sites excluding steroid dienone is 2. The first-order valence-electron chi connectivity index (χ1n) is 13.9. The number of aliphatic hydroxyl groups is 3. The van der Waals surface area contributed by atoms with Crippen LogP contribution in [0.15, 0.2) is 11.6 Å². The molecule has 3 heteroatoms. The van der Waals surface area contributed by atoms with Gasteiger partial charge in [-0.1, -0.05) is 46.3 Å². The number of rotatable bonds is 5. The topological polar surface area (TPSA) is 60.7 Å². The summed E-state index contributed by atoms with van der Waals surface area (Å²) in [6.07, 6.45) is 12.7. The minimum Gasteiger partial charge on any atom is -0.393 e. The molecule has 4 aliphatic rings. The number of hydrogen-bond donors (Lipinski definition) is 3. The minimum absolute atomic E-state index is 0.00758. The Kier molecular flexibility index (Phi) is 6.50. The molecule has 0 aromatic rings. The second-order valence-electron chi connectivity index (χ2n) is 14.3. The van der Waals surface area contributed by atoms with Crippen LogP contribution < -0.4 is 0 Å². The summed E-state index contributed by atoms with van der Waals surface area (Å²) in [6.45, 7) is 16.4. The summed E-state index contributed by atoms with van der Waals surface area (Å²) in [4.78, 5) is 0. The monoisotopic (exact) mass is 460 g/mol. The fourth-order valence-electron chi connectivity index (χ4n) is 10.4. The first kappa shape index (κ1) is 25.7. The molecule has 4 saturated carbocycles. The van der Waals surface area contributed by atoms with Crippen LogP contribution in [0.25, 0.3) is 0 Å². The van der Waals surface area contributed by atoms with Crippen LogP contribution in [0.2, 0.25) is 0 Å². The fraction of sp³-hybridized carbons (Fsp3) is 0.933. The molecule has 0 aromatic carbocycles. The molecule has 4 aliphatic carbocycles. The summed E-state index contributed by atoms with van der Waals surface area (Å²) in [7, 11) is 0. The summed E-state index contributed by atoms with van der Waals surface area (Å²) in [6, 6.07) is 0. The van der Waals surface area contributed by atoms with Crippen LogP contribution in [-0.4, -0.2) is 33.6 Å². The standard InChI is InChI=1S/C30H52O3/c1-20(2)9-8-15-30(33,19-31)22-12-17-28(6)21(22)10-11-24-27(5)16-14-25(32)26(3,4)23(27)13-18-29(24,28)7/h9,21-25,31-33H,8,10-19H2,1-7H3. The van der Waals surface area contributed by atoms with Gasteiger partial charge in [0.25, 0.3) is 0 Å². The Labute approximate surface area is 203 Å². The third-order valence-electron chi connectivity index (χ3n) is 12.5. The Balaban J connectivity index is 1.63. The predicted molar refractivity (Wildman–Crippen MR) is 136 cm³/mol. The quantitative estimate of drug-likeness (QED) is 0.410. The van der Waals surface area contributed by atoms with Crippen molar-refractivity contribution in [1.82, 2.24) is 0 Å². The molecule has 0 saturated heterocycles. The van der Waals surface area contributed by atoms with E-state index in [4.69, 9.17) is 0 Å². The molecule has 3 nitrogen and oxygen atoms in total. The summed E-state index contributed by atoms with van der Waals surface area (Å²) in [5, 5.41) is 32.9. The smallest absolute Gasteiger partial charge is 0.0911 e. The number of fused-ring (bicyclic) bond motifs is 5. The third kappa shape index (κ3) is 3.61. The molecule has 0 aliphatic heterocycles. The van der Waals surface area contributed by atoms with Crippen molar-refractivity contribution in [3.63, 3.8) is 0 Å². The van der Waals surface area contributed by atoms with Crippen molar-refractivity contribution < 1.29 is 15.3 Å². The van der Waals surface area contributed by atoms with Crippen molar-refractivity contribution in [2.45, 2.75) is 124 Å². The maximum absolute atomic E-state index is 11.7. The highest BCUT2D eigenvalue weighted by Crippen LogP contribution is 2.75. The third-order valence-corrected chi connectivity index (χ3v) is 12.5. The molecule has 4 fully saturated rings. The highest BCUT2D eigenvalue weighted by atomic mass is 16.3. The van der Waals surface area contributed by atoms with E-state index >= 15 is 0 Å². The van der Waals surface area contributed by atoms with Gasteiger partial charge in [-0.3, -0.25) is 0 Å². The molecule has 0 bridgehead atoms. The van der Waals surface area contributed by atoms with E-state index in [0.717, 1.165) is 25.7 Å². The fourth-order valence-corrected chi connectivity index (χ4v) is 10.4. The Morgan fingerprint density at radius 2 is 1.55 bits per heavy atom. The minimum atomic E-state index is -0.963. The van der Waals surface area contributed by atoms with Gasteiger partial charge in [-0.25, -0.2) is 0 Å². The lowest BCUT2D eigenvalue weighted by molar-refractivity contribution is -0.226. The molecule has 190 valence electrons. The summed E-state index contributed by atoms with van der Waals surface area (Å²) in [5.74, 6) is 1.96. The van der Waals surface area contributed by atoms with Crippen molar-refractivity contribution in [1.29, 1.82) is 0 Å². The van der Waals surface area contributed by atoms with Crippen LogP contribution in [-0.2, 0) is 0 Å². The second kappa shape index (κ2) is 8.34. The van der Waals surface area contributed by atoms with Gasteiger partial charge in [0, 0.05) is 0 Å². The first-order valence-corrected chi connectivity index (χ1v) is 13.9. The maximum atomic E-state index is 11.7. The zero-order valence-corrected chi connectivity index (χ0v) is 22.6. The van der Waals surface area contributed by atoms with Gasteiger partial charge in [0.1, 0.15) is 0 Å². The zero-order valence-electron chi connectivity index (χ0n) is 22.6. The average Bonchev–Trinajstić information content (AvgIpc) is 3.10. The van der Waals surface area contributed by atoms with Gasteiger partial charge in [-0.05, 0) is 123 Å². The lowest BCUT2D eigenvalue weighted by Crippen LogP contribution is -2.64. The Hall–Kier alpha value is -0.380. The van der Waals surface area contributed by atoms with Crippen molar-refractivity contribution in [3.05, 3.63) is 11.6 Å². The van der Waals surface area contributed by atoms with Crippen LogP contribution in [0.3, 0.4) is 0 Å². The number of hydrogen-bond acceptors (Lipinski definition) is 3. The van der Waals surface area contributed by atoms with Gasteiger partial charge in [0.2, 0.25) is 0 Å². The second-order valence-corrected chi connectivity index (χ2v) is 14.3. The van der Waals surface area contributed by atoms with Crippen LogP contribution in [0.5, 0.6) is 0 Å². The van der Waals surface area contributed by atoms with E-state index in [1.165, 1.54) is 37.7 Å².